The second-order valence-corrected chi connectivity index (χ2v) is 6.30. The molecular weight excluding hydrogens is 320 g/mol. The number of likely N-dealkylation sites (tertiary alicyclic amines) is 1. The molecule has 130 valence electrons. The summed E-state index contributed by atoms with van der Waals surface area (Å²) >= 11 is 0. The summed E-state index contributed by atoms with van der Waals surface area (Å²) in [5.74, 6) is 0.808. The molecule has 1 aliphatic heterocycles. The summed E-state index contributed by atoms with van der Waals surface area (Å²) in [6, 6.07) is 6.93. The summed E-state index contributed by atoms with van der Waals surface area (Å²) in [7, 11) is 0. The number of nitrogens with two attached hydrogens (primary N) is 1. The highest BCUT2D eigenvalue weighted by molar-refractivity contribution is 6.01. The first-order valence-electron chi connectivity index (χ1n) is 8.45. The number of piperidine rings is 1. The van der Waals surface area contributed by atoms with Gasteiger partial charge in [-0.25, -0.2) is 4.98 Å². The standard InChI is InChI=1S/C18H20N4O3/c19-12-9-13(20-16(23)11-22-6-2-1-3-7-22)17-14(10-12)21-18(25-17)15-5-4-8-24-15/h4-5,8-10H,1-3,6-7,11,19H2,(H,20,23). The van der Waals surface area contributed by atoms with Gasteiger partial charge in [0.05, 0.1) is 18.5 Å². The van der Waals surface area contributed by atoms with Crippen molar-refractivity contribution >= 4 is 28.4 Å². The van der Waals surface area contributed by atoms with Gasteiger partial charge < -0.3 is 19.9 Å². The van der Waals surface area contributed by atoms with E-state index in [1.165, 1.54) is 6.42 Å². The molecule has 7 heteroatoms. The number of aromatic nitrogens is 1. The third-order valence-corrected chi connectivity index (χ3v) is 4.33. The summed E-state index contributed by atoms with van der Waals surface area (Å²) in [5, 5.41) is 2.91. The summed E-state index contributed by atoms with van der Waals surface area (Å²) in [4.78, 5) is 19.0. The van der Waals surface area contributed by atoms with Gasteiger partial charge in [-0.2, -0.15) is 0 Å². The van der Waals surface area contributed by atoms with Gasteiger partial charge in [0.15, 0.2) is 11.3 Å². The Hall–Kier alpha value is -2.80. The number of furan rings is 1. The monoisotopic (exact) mass is 340 g/mol. The Kier molecular flexibility index (Phi) is 4.15. The van der Waals surface area contributed by atoms with Crippen molar-refractivity contribution in [3.8, 4) is 11.7 Å². The summed E-state index contributed by atoms with van der Waals surface area (Å²) in [6.07, 6.45) is 5.08. The maximum absolute atomic E-state index is 12.4. The topological polar surface area (TPSA) is 97.5 Å². The van der Waals surface area contributed by atoms with Crippen LogP contribution in [0.2, 0.25) is 0 Å². The van der Waals surface area contributed by atoms with E-state index >= 15 is 0 Å². The second kappa shape index (κ2) is 6.60. The smallest absolute Gasteiger partial charge is 0.264 e. The number of carbonyl (C=O) groups excluding carboxylic acids is 1. The van der Waals surface area contributed by atoms with Crippen LogP contribution in [0.4, 0.5) is 11.4 Å². The summed E-state index contributed by atoms with van der Waals surface area (Å²) in [6.45, 7) is 2.30. The van der Waals surface area contributed by atoms with E-state index in [2.05, 4.69) is 15.2 Å². The van der Waals surface area contributed by atoms with Crippen molar-refractivity contribution in [3.05, 3.63) is 30.5 Å². The zero-order valence-corrected chi connectivity index (χ0v) is 13.8. The molecule has 3 aromatic rings. The maximum Gasteiger partial charge on any atom is 0.264 e. The fourth-order valence-corrected chi connectivity index (χ4v) is 3.16. The van der Waals surface area contributed by atoms with Crippen molar-refractivity contribution in [2.45, 2.75) is 19.3 Å². The van der Waals surface area contributed by atoms with Crippen LogP contribution in [0.25, 0.3) is 22.8 Å². The Labute approximate surface area is 144 Å². The van der Waals surface area contributed by atoms with Gasteiger partial charge in [-0.1, -0.05) is 6.42 Å². The molecule has 0 saturated carbocycles. The van der Waals surface area contributed by atoms with Crippen molar-refractivity contribution in [2.24, 2.45) is 0 Å². The van der Waals surface area contributed by atoms with E-state index in [-0.39, 0.29) is 5.91 Å². The molecule has 1 aromatic carbocycles. The highest BCUT2D eigenvalue weighted by Crippen LogP contribution is 2.31. The van der Waals surface area contributed by atoms with Crippen LogP contribution in [-0.2, 0) is 4.79 Å². The van der Waals surface area contributed by atoms with Gasteiger partial charge in [-0.15, -0.1) is 0 Å². The number of nitrogens with zero attached hydrogens (tertiary/aromatic N) is 2. The Balaban J connectivity index is 1.58. The molecule has 2 aromatic heterocycles. The van der Waals surface area contributed by atoms with Crippen molar-refractivity contribution in [2.75, 3.05) is 30.7 Å². The number of amides is 1. The predicted molar refractivity (Wildman–Crippen MR) is 95.0 cm³/mol. The van der Waals surface area contributed by atoms with Crippen LogP contribution < -0.4 is 11.1 Å². The van der Waals surface area contributed by atoms with Crippen molar-refractivity contribution in [1.82, 2.24) is 9.88 Å². The Bertz CT molecular complexity index is 879. The molecule has 1 amide bonds. The average molecular weight is 340 g/mol. The molecule has 1 saturated heterocycles. The lowest BCUT2D eigenvalue weighted by atomic mass is 10.1. The van der Waals surface area contributed by atoms with Gasteiger partial charge in [0.1, 0.15) is 5.52 Å². The van der Waals surface area contributed by atoms with E-state index in [0.717, 1.165) is 25.9 Å². The average Bonchev–Trinajstić information content (AvgIpc) is 3.24. The largest absolute Gasteiger partial charge is 0.459 e. The van der Waals surface area contributed by atoms with Crippen molar-refractivity contribution in [1.29, 1.82) is 0 Å². The maximum atomic E-state index is 12.4. The molecule has 0 unspecified atom stereocenters. The number of fused-ring (bicyclic) bond motifs is 1. The molecule has 1 aliphatic rings. The van der Waals surface area contributed by atoms with Gasteiger partial charge in [-0.05, 0) is 50.2 Å². The van der Waals surface area contributed by atoms with E-state index in [4.69, 9.17) is 14.6 Å². The molecule has 3 heterocycles. The molecule has 0 atom stereocenters. The minimum Gasteiger partial charge on any atom is -0.459 e. The first kappa shape index (κ1) is 15.7. The number of oxazole rings is 1. The molecule has 0 aliphatic carbocycles. The predicted octanol–water partition coefficient (Wildman–Crippen LogP) is 3.09. The van der Waals surface area contributed by atoms with Crippen LogP contribution in [-0.4, -0.2) is 35.4 Å². The van der Waals surface area contributed by atoms with E-state index in [0.29, 0.717) is 40.7 Å². The summed E-state index contributed by atoms with van der Waals surface area (Å²) in [5.41, 5.74) is 8.07. The van der Waals surface area contributed by atoms with E-state index in [9.17, 15) is 4.79 Å². The molecule has 25 heavy (non-hydrogen) atoms. The van der Waals surface area contributed by atoms with Crippen LogP contribution in [0.5, 0.6) is 0 Å². The zero-order valence-electron chi connectivity index (χ0n) is 13.8. The highest BCUT2D eigenvalue weighted by Gasteiger charge is 2.18. The van der Waals surface area contributed by atoms with Gasteiger partial charge in [-0.3, -0.25) is 9.69 Å². The number of anilines is 2. The zero-order chi connectivity index (χ0) is 17.2. The number of benzene rings is 1. The number of nitrogen functional groups attached to an aromatic ring is 1. The Morgan fingerprint density at radius 1 is 1.28 bits per heavy atom. The molecule has 0 radical (unpaired) electrons. The first-order chi connectivity index (χ1) is 12.2. The third kappa shape index (κ3) is 3.36. The fourth-order valence-electron chi connectivity index (χ4n) is 3.16. The van der Waals surface area contributed by atoms with Crippen LogP contribution in [0.15, 0.2) is 39.4 Å². The van der Waals surface area contributed by atoms with Gasteiger partial charge >= 0.3 is 0 Å². The lowest BCUT2D eigenvalue weighted by Gasteiger charge is -2.25. The lowest BCUT2D eigenvalue weighted by molar-refractivity contribution is -0.117. The normalized spacial score (nSPS) is 15.5. The highest BCUT2D eigenvalue weighted by atomic mass is 16.4. The number of nitrogens with one attached hydrogen (secondary N) is 1. The van der Waals surface area contributed by atoms with Gasteiger partial charge in [0, 0.05) is 5.69 Å². The molecule has 3 N–H and O–H groups in total. The second-order valence-electron chi connectivity index (χ2n) is 6.30. The minimum atomic E-state index is -0.0789. The fraction of sp³-hybridized carbons (Fsp3) is 0.333. The molecule has 7 nitrogen and oxygen atoms in total. The quantitative estimate of drug-likeness (QED) is 0.708. The Morgan fingerprint density at radius 2 is 2.12 bits per heavy atom. The van der Waals surface area contributed by atoms with E-state index in [1.54, 1.807) is 30.5 Å². The van der Waals surface area contributed by atoms with Crippen LogP contribution in [0.3, 0.4) is 0 Å². The van der Waals surface area contributed by atoms with Crippen LogP contribution in [0.1, 0.15) is 19.3 Å². The molecular formula is C18H20N4O3. The third-order valence-electron chi connectivity index (χ3n) is 4.33. The molecule has 0 bridgehead atoms. The van der Waals surface area contributed by atoms with E-state index in [1.807, 2.05) is 0 Å². The summed E-state index contributed by atoms with van der Waals surface area (Å²) < 4.78 is 11.1. The van der Waals surface area contributed by atoms with Gasteiger partial charge in [0.25, 0.3) is 5.89 Å². The van der Waals surface area contributed by atoms with Crippen LogP contribution >= 0.6 is 0 Å². The van der Waals surface area contributed by atoms with Crippen molar-refractivity contribution < 1.29 is 13.6 Å². The molecule has 4 rings (SSSR count). The molecule has 1 fully saturated rings. The Morgan fingerprint density at radius 3 is 2.88 bits per heavy atom. The molecule has 0 spiro atoms. The minimum absolute atomic E-state index is 0.0789. The number of rotatable bonds is 4. The van der Waals surface area contributed by atoms with Crippen LogP contribution in [0, 0.1) is 0 Å². The van der Waals surface area contributed by atoms with Crippen molar-refractivity contribution in [3.63, 3.8) is 0 Å². The first-order valence-corrected chi connectivity index (χ1v) is 8.45. The van der Waals surface area contributed by atoms with Gasteiger partial charge in [0.2, 0.25) is 5.91 Å². The van der Waals surface area contributed by atoms with E-state index < -0.39 is 0 Å². The number of carbonyl (C=O) groups is 1. The lowest BCUT2D eigenvalue weighted by Crippen LogP contribution is -2.36. The number of hydrogen-bond acceptors (Lipinski definition) is 6. The number of hydrogen-bond donors (Lipinski definition) is 2. The SMILES string of the molecule is Nc1cc(NC(=O)CN2CCCCC2)c2oc(-c3ccco3)nc2c1.